The Morgan fingerprint density at radius 1 is 1.20 bits per heavy atom. The number of rotatable bonds is 3. The van der Waals surface area contributed by atoms with Crippen molar-refractivity contribution in [2.45, 2.75) is 31.5 Å². The Labute approximate surface area is 149 Å². The number of allylic oxidation sites excluding steroid dienone is 1. The van der Waals surface area contributed by atoms with E-state index in [0.717, 1.165) is 31.4 Å². The van der Waals surface area contributed by atoms with Crippen LogP contribution in [0.2, 0.25) is 0 Å². The summed E-state index contributed by atoms with van der Waals surface area (Å²) in [4.78, 5) is 1.87. The number of hydrogen-bond acceptors (Lipinski definition) is 2. The molecule has 1 aromatic rings. The van der Waals surface area contributed by atoms with Gasteiger partial charge in [0.05, 0.1) is 18.2 Å². The van der Waals surface area contributed by atoms with Gasteiger partial charge in [0, 0.05) is 22.8 Å². The van der Waals surface area contributed by atoms with Crippen molar-refractivity contribution < 1.29 is 18.3 Å². The molecule has 1 aromatic carbocycles. The lowest BCUT2D eigenvalue weighted by atomic mass is 9.86. The fourth-order valence-corrected chi connectivity index (χ4v) is 3.76. The van der Waals surface area contributed by atoms with Gasteiger partial charge in [-0.2, -0.15) is 13.2 Å². The Hall–Kier alpha value is -1.72. The third kappa shape index (κ3) is 3.93. The monoisotopic (exact) mass is 369 g/mol. The Kier molecular flexibility index (Phi) is 5.25. The molecule has 0 bridgehead atoms. The van der Waals surface area contributed by atoms with Crippen LogP contribution in [0.3, 0.4) is 0 Å². The van der Waals surface area contributed by atoms with E-state index in [1.165, 1.54) is 12.1 Å². The van der Waals surface area contributed by atoms with Gasteiger partial charge in [-0.25, -0.2) is 0 Å². The quantitative estimate of drug-likeness (QED) is 0.735. The fourth-order valence-electron chi connectivity index (χ4n) is 3.35. The molecular weight excluding hydrogens is 351 g/mol. The highest BCUT2D eigenvalue weighted by Crippen LogP contribution is 2.38. The van der Waals surface area contributed by atoms with Crippen LogP contribution >= 0.6 is 11.6 Å². The predicted molar refractivity (Wildman–Crippen MR) is 93.3 cm³/mol. The summed E-state index contributed by atoms with van der Waals surface area (Å²) < 4.78 is 38.4. The van der Waals surface area contributed by atoms with E-state index in [9.17, 15) is 18.3 Å². The average molecular weight is 370 g/mol. The molecule has 2 aliphatic rings. The molecule has 25 heavy (non-hydrogen) atoms. The maximum atomic E-state index is 12.8. The topological polar surface area (TPSA) is 23.5 Å². The van der Waals surface area contributed by atoms with E-state index in [1.807, 2.05) is 4.90 Å². The maximum Gasteiger partial charge on any atom is 0.416 e. The number of nitrogens with zero attached hydrogens (tertiary/aromatic N) is 1. The summed E-state index contributed by atoms with van der Waals surface area (Å²) in [5.41, 5.74) is 0.561. The van der Waals surface area contributed by atoms with Crippen molar-refractivity contribution >= 4 is 17.3 Å². The number of anilines is 1. The van der Waals surface area contributed by atoms with Crippen molar-refractivity contribution in [1.29, 1.82) is 0 Å². The molecule has 0 spiro atoms. The van der Waals surface area contributed by atoms with Crippen molar-refractivity contribution in [1.82, 2.24) is 0 Å². The molecule has 1 aliphatic carbocycles. The average Bonchev–Trinajstić information content (AvgIpc) is 2.61. The van der Waals surface area contributed by atoms with Gasteiger partial charge >= 0.3 is 6.18 Å². The van der Waals surface area contributed by atoms with E-state index in [0.29, 0.717) is 16.3 Å². The van der Waals surface area contributed by atoms with Crippen LogP contribution in [0.1, 0.15) is 24.8 Å². The van der Waals surface area contributed by atoms with Gasteiger partial charge in [0.25, 0.3) is 0 Å². The van der Waals surface area contributed by atoms with Crippen LogP contribution < -0.4 is 4.90 Å². The number of benzene rings is 1. The molecule has 3 rings (SSSR count). The lowest BCUT2D eigenvalue weighted by Gasteiger charge is -2.39. The molecule has 0 saturated heterocycles. The largest absolute Gasteiger partial charge is 0.416 e. The van der Waals surface area contributed by atoms with E-state index >= 15 is 0 Å². The molecule has 6 heteroatoms. The molecule has 2 atom stereocenters. The first kappa shape index (κ1) is 18.1. The Bertz CT molecular complexity index is 706. The Balaban J connectivity index is 1.97. The second-order valence-corrected chi connectivity index (χ2v) is 6.75. The van der Waals surface area contributed by atoms with Gasteiger partial charge in [0.2, 0.25) is 0 Å². The molecule has 0 saturated carbocycles. The molecule has 0 fully saturated rings. The van der Waals surface area contributed by atoms with Gasteiger partial charge in [-0.1, -0.05) is 23.8 Å². The highest BCUT2D eigenvalue weighted by atomic mass is 35.5. The minimum atomic E-state index is -4.37. The second-order valence-electron chi connectivity index (χ2n) is 6.31. The molecule has 2 unspecified atom stereocenters. The summed E-state index contributed by atoms with van der Waals surface area (Å²) in [7, 11) is 0. The van der Waals surface area contributed by atoms with Gasteiger partial charge in [0.15, 0.2) is 0 Å². The van der Waals surface area contributed by atoms with E-state index in [4.69, 9.17) is 11.6 Å². The van der Waals surface area contributed by atoms with Crippen LogP contribution in [0.25, 0.3) is 0 Å². The van der Waals surface area contributed by atoms with Crippen LogP contribution in [0.4, 0.5) is 18.9 Å². The number of halogens is 4. The van der Waals surface area contributed by atoms with Crippen molar-refractivity contribution in [3.63, 3.8) is 0 Å². The van der Waals surface area contributed by atoms with Crippen molar-refractivity contribution in [3.8, 4) is 0 Å². The Morgan fingerprint density at radius 2 is 1.92 bits per heavy atom. The highest BCUT2D eigenvalue weighted by molar-refractivity contribution is 6.31. The minimum absolute atomic E-state index is 0.176. The molecular formula is C19H19ClF3NO. The van der Waals surface area contributed by atoms with Crippen LogP contribution in [0.15, 0.2) is 59.3 Å². The lowest BCUT2D eigenvalue weighted by Crippen LogP contribution is -2.40. The summed E-state index contributed by atoms with van der Waals surface area (Å²) in [6, 6.07) is 4.86. The first-order chi connectivity index (χ1) is 11.9. The summed E-state index contributed by atoms with van der Waals surface area (Å²) in [6.45, 7) is -0.180. The van der Waals surface area contributed by atoms with Crippen LogP contribution in [0, 0.1) is 5.92 Å². The molecule has 0 aromatic heterocycles. The molecule has 0 amide bonds. The fraction of sp³-hybridized carbons (Fsp3) is 0.368. The van der Waals surface area contributed by atoms with Gasteiger partial charge in [0.1, 0.15) is 0 Å². The molecule has 134 valence electrons. The number of alkyl halides is 3. The third-order valence-corrected chi connectivity index (χ3v) is 4.92. The van der Waals surface area contributed by atoms with Crippen molar-refractivity contribution in [2.24, 2.45) is 5.92 Å². The zero-order valence-electron chi connectivity index (χ0n) is 13.5. The van der Waals surface area contributed by atoms with Crippen LogP contribution in [0.5, 0.6) is 0 Å². The minimum Gasteiger partial charge on any atom is -0.392 e. The smallest absolute Gasteiger partial charge is 0.392 e. The maximum absolute atomic E-state index is 12.8. The summed E-state index contributed by atoms with van der Waals surface area (Å²) >= 11 is 6.49. The third-order valence-electron chi connectivity index (χ3n) is 4.58. The first-order valence-corrected chi connectivity index (χ1v) is 8.59. The molecule has 0 radical (unpaired) electrons. The zero-order chi connectivity index (χ0) is 18.0. The summed E-state index contributed by atoms with van der Waals surface area (Å²) in [6.07, 6.45) is 6.44. The van der Waals surface area contributed by atoms with E-state index in [2.05, 4.69) is 12.2 Å². The molecule has 1 heterocycles. The standard InChI is InChI=1S/C19H19ClF3NO/c20-17-10-13(12-25)11-24(18(17)14-4-2-1-3-5-14)16-8-6-15(7-9-16)19(21,22)23/h2,4,6-11,14,18,25H,1,3,5,12H2. The van der Waals surface area contributed by atoms with Crippen LogP contribution in [-0.2, 0) is 6.18 Å². The van der Waals surface area contributed by atoms with E-state index in [-0.39, 0.29) is 18.6 Å². The zero-order valence-corrected chi connectivity index (χ0v) is 14.3. The van der Waals surface area contributed by atoms with Gasteiger partial charge in [-0.3, -0.25) is 0 Å². The highest BCUT2D eigenvalue weighted by Gasteiger charge is 2.33. The first-order valence-electron chi connectivity index (χ1n) is 8.21. The Morgan fingerprint density at radius 3 is 2.48 bits per heavy atom. The van der Waals surface area contributed by atoms with Gasteiger partial charge in [-0.15, -0.1) is 0 Å². The molecule has 2 nitrogen and oxygen atoms in total. The summed E-state index contributed by atoms with van der Waals surface area (Å²) in [5, 5.41) is 10.0. The second kappa shape index (κ2) is 7.26. The summed E-state index contributed by atoms with van der Waals surface area (Å²) in [5.74, 6) is 0.177. The van der Waals surface area contributed by atoms with Crippen molar-refractivity contribution in [2.75, 3.05) is 11.5 Å². The molecule has 1 N–H and O–H groups in total. The number of aliphatic hydroxyl groups excluding tert-OH is 1. The normalized spacial score (nSPS) is 24.1. The predicted octanol–water partition coefficient (Wildman–Crippen LogP) is 5.25. The van der Waals surface area contributed by atoms with Crippen LogP contribution in [-0.4, -0.2) is 17.8 Å². The number of aliphatic hydroxyl groups is 1. The van der Waals surface area contributed by atoms with E-state index in [1.54, 1.807) is 12.3 Å². The molecule has 1 aliphatic heterocycles. The van der Waals surface area contributed by atoms with Crippen molar-refractivity contribution in [3.05, 3.63) is 64.9 Å². The lowest BCUT2D eigenvalue weighted by molar-refractivity contribution is -0.137. The van der Waals surface area contributed by atoms with Gasteiger partial charge in [-0.05, 0) is 55.2 Å². The number of hydrogen-bond donors (Lipinski definition) is 1. The van der Waals surface area contributed by atoms with Gasteiger partial charge < -0.3 is 10.0 Å². The van der Waals surface area contributed by atoms with E-state index < -0.39 is 11.7 Å². The SMILES string of the molecule is OCC1=CN(c2ccc(C(F)(F)F)cc2)C(C2C=CCCC2)C(Cl)=C1.